The average Bonchev–Trinajstić information content (AvgIpc) is 3.49. The average molecular weight is 521 g/mol. The summed E-state index contributed by atoms with van der Waals surface area (Å²) in [6.45, 7) is -0.533. The van der Waals surface area contributed by atoms with Crippen LogP contribution in [0.3, 0.4) is 0 Å². The van der Waals surface area contributed by atoms with Crippen molar-refractivity contribution in [3.63, 3.8) is 0 Å². The fourth-order valence-corrected chi connectivity index (χ4v) is 4.07. The van der Waals surface area contributed by atoms with Gasteiger partial charge in [0.1, 0.15) is 30.1 Å². The van der Waals surface area contributed by atoms with Crippen LogP contribution in [0.2, 0.25) is 0 Å². The van der Waals surface area contributed by atoms with Crippen LogP contribution in [0, 0.1) is 11.3 Å². The van der Waals surface area contributed by atoms with Crippen molar-refractivity contribution in [2.45, 2.75) is 37.3 Å². The predicted octanol–water partition coefficient (Wildman–Crippen LogP) is 0.502. The largest absolute Gasteiger partial charge is 0.493 e. The summed E-state index contributed by atoms with van der Waals surface area (Å²) in [5.41, 5.74) is 2.26. The Hall–Kier alpha value is -4.39. The van der Waals surface area contributed by atoms with Gasteiger partial charge < -0.3 is 39.7 Å². The molecule has 14 nitrogen and oxygen atoms in total. The van der Waals surface area contributed by atoms with E-state index in [-0.39, 0.29) is 18.1 Å². The van der Waals surface area contributed by atoms with Crippen LogP contribution < -0.4 is 4.84 Å². The van der Waals surface area contributed by atoms with Crippen molar-refractivity contribution in [3.8, 4) is 11.9 Å². The zero-order valence-electron chi connectivity index (χ0n) is 19.7. The molecule has 2 aromatic heterocycles. The monoisotopic (exact) mass is 521 g/mol. The lowest BCUT2D eigenvalue weighted by molar-refractivity contribution is -0.303. The first kappa shape index (κ1) is 25.3. The fourth-order valence-electron chi connectivity index (χ4n) is 4.07. The van der Waals surface area contributed by atoms with Crippen LogP contribution >= 0.6 is 0 Å². The number of rotatable bonds is 7. The van der Waals surface area contributed by atoms with E-state index in [1.165, 1.54) is 6.20 Å². The van der Waals surface area contributed by atoms with Crippen LogP contribution in [0.1, 0.15) is 11.3 Å². The zero-order chi connectivity index (χ0) is 26.8. The highest BCUT2D eigenvalue weighted by Gasteiger charge is 2.45. The smallest absolute Gasteiger partial charge is 0.256 e. The molecule has 0 spiro atoms. The number of hydrogen-bond donors (Lipinski definition) is 5. The summed E-state index contributed by atoms with van der Waals surface area (Å²) in [7, 11) is 0. The normalized spacial score (nSPS) is 23.6. The third-order valence-corrected chi connectivity index (χ3v) is 6.08. The standard InChI is InChI=1S/C24H23N7O7/c25-9-13-5-7-14(8-6-13)26-28-19-16-3-1-2-4-17(16)30(23(19)36)10-15-11-31(29-27-15)38-24-22(35)21(34)20(33)18(12-32)37-24/h1-8,11,18,20-22,24,32-36H,10,12H2/t18-,20+,21+,22-,24+/m1/s1. The number of aliphatic hydroxyl groups is 4. The maximum absolute atomic E-state index is 11.0. The van der Waals surface area contributed by atoms with E-state index in [9.17, 15) is 25.5 Å². The van der Waals surface area contributed by atoms with Gasteiger partial charge in [-0.1, -0.05) is 23.0 Å². The summed E-state index contributed by atoms with van der Waals surface area (Å²) in [4.78, 5) is 6.34. The molecule has 14 heteroatoms. The van der Waals surface area contributed by atoms with E-state index >= 15 is 0 Å². The number of aromatic hydroxyl groups is 1. The fraction of sp³-hybridized carbons (Fsp3) is 0.292. The Balaban J connectivity index is 1.37. The summed E-state index contributed by atoms with van der Waals surface area (Å²) in [6.07, 6.45) is -5.92. The van der Waals surface area contributed by atoms with Crippen molar-refractivity contribution in [1.82, 2.24) is 19.7 Å². The van der Waals surface area contributed by atoms with Gasteiger partial charge in [-0.25, -0.2) is 0 Å². The van der Waals surface area contributed by atoms with Gasteiger partial charge in [-0.05, 0) is 35.5 Å². The summed E-state index contributed by atoms with van der Waals surface area (Å²) in [5.74, 6) is -0.159. The number of aliphatic hydroxyl groups excluding tert-OH is 4. The van der Waals surface area contributed by atoms with Crippen LogP contribution in [-0.2, 0) is 11.3 Å². The number of azo groups is 1. The van der Waals surface area contributed by atoms with Gasteiger partial charge in [0.15, 0.2) is 5.69 Å². The molecule has 196 valence electrons. The summed E-state index contributed by atoms with van der Waals surface area (Å²) in [5, 5.41) is 76.2. The second-order valence-electron chi connectivity index (χ2n) is 8.55. The Morgan fingerprint density at radius 3 is 2.53 bits per heavy atom. The first-order valence-corrected chi connectivity index (χ1v) is 11.5. The minimum Gasteiger partial charge on any atom is -0.493 e. The van der Waals surface area contributed by atoms with Crippen molar-refractivity contribution in [3.05, 3.63) is 66.0 Å². The van der Waals surface area contributed by atoms with Crippen LogP contribution in [0.4, 0.5) is 11.4 Å². The molecule has 5 atom stereocenters. The summed E-state index contributed by atoms with van der Waals surface area (Å²) in [6, 6.07) is 15.8. The summed E-state index contributed by atoms with van der Waals surface area (Å²) < 4.78 is 6.87. The molecule has 2 aromatic carbocycles. The van der Waals surface area contributed by atoms with E-state index in [1.807, 2.05) is 6.07 Å². The highest BCUT2D eigenvalue weighted by Crippen LogP contribution is 2.39. The lowest BCUT2D eigenvalue weighted by Gasteiger charge is -2.38. The summed E-state index contributed by atoms with van der Waals surface area (Å²) >= 11 is 0. The molecule has 0 bridgehead atoms. The van der Waals surface area contributed by atoms with Crippen molar-refractivity contribution in [2.75, 3.05) is 6.61 Å². The topological polar surface area (TPSA) is 204 Å². The maximum Gasteiger partial charge on any atom is 0.256 e. The molecule has 38 heavy (non-hydrogen) atoms. The molecule has 5 rings (SSSR count). The third kappa shape index (κ3) is 4.79. The number of benzene rings is 2. The highest BCUT2D eigenvalue weighted by molar-refractivity contribution is 5.95. The third-order valence-electron chi connectivity index (χ3n) is 6.08. The number of nitriles is 1. The molecule has 0 amide bonds. The molecule has 1 fully saturated rings. The van der Waals surface area contributed by atoms with Gasteiger partial charge in [-0.2, -0.15) is 10.4 Å². The van der Waals surface area contributed by atoms with Gasteiger partial charge in [-0.15, -0.1) is 10.2 Å². The number of hydrogen-bond acceptors (Lipinski definition) is 12. The Morgan fingerprint density at radius 2 is 1.79 bits per heavy atom. The molecular weight excluding hydrogens is 498 g/mol. The van der Waals surface area contributed by atoms with Gasteiger partial charge in [0, 0.05) is 5.39 Å². The lowest BCUT2D eigenvalue weighted by atomic mass is 9.99. The minimum atomic E-state index is -1.61. The van der Waals surface area contributed by atoms with Crippen molar-refractivity contribution in [1.29, 1.82) is 5.26 Å². The Kier molecular flexibility index (Phi) is 7.01. The van der Waals surface area contributed by atoms with Gasteiger partial charge in [0.2, 0.25) is 5.88 Å². The Morgan fingerprint density at radius 1 is 1.03 bits per heavy atom. The molecule has 0 saturated carbocycles. The molecule has 0 unspecified atom stereocenters. The zero-order valence-corrected chi connectivity index (χ0v) is 19.7. The molecule has 0 radical (unpaired) electrons. The van der Waals surface area contributed by atoms with Crippen molar-refractivity contribution in [2.24, 2.45) is 10.2 Å². The van der Waals surface area contributed by atoms with E-state index in [0.29, 0.717) is 27.8 Å². The number of fused-ring (bicyclic) bond motifs is 1. The molecule has 3 heterocycles. The van der Waals surface area contributed by atoms with Crippen molar-refractivity contribution >= 4 is 22.3 Å². The molecule has 1 aliphatic heterocycles. The lowest BCUT2D eigenvalue weighted by Crippen LogP contribution is -2.61. The van der Waals surface area contributed by atoms with E-state index < -0.39 is 37.3 Å². The van der Waals surface area contributed by atoms with Crippen LogP contribution in [0.15, 0.2) is 65.0 Å². The molecule has 4 aromatic rings. The van der Waals surface area contributed by atoms with Gasteiger partial charge in [0.25, 0.3) is 6.29 Å². The first-order chi connectivity index (χ1) is 18.4. The van der Waals surface area contributed by atoms with Crippen LogP contribution in [0.5, 0.6) is 5.88 Å². The Labute approximate surface area is 214 Å². The quantitative estimate of drug-likeness (QED) is 0.213. The van der Waals surface area contributed by atoms with E-state index in [0.717, 1.165) is 4.85 Å². The number of nitrogens with zero attached hydrogens (tertiary/aromatic N) is 7. The number of para-hydroxylation sites is 1. The number of aromatic nitrogens is 4. The van der Waals surface area contributed by atoms with Crippen LogP contribution in [0.25, 0.3) is 10.9 Å². The minimum absolute atomic E-state index is 0.0662. The molecule has 5 N–H and O–H groups in total. The second-order valence-corrected chi connectivity index (χ2v) is 8.55. The Bertz CT molecular complexity index is 1490. The van der Waals surface area contributed by atoms with Crippen molar-refractivity contribution < 1.29 is 35.1 Å². The maximum atomic E-state index is 11.0. The van der Waals surface area contributed by atoms with E-state index in [4.69, 9.17) is 14.8 Å². The van der Waals surface area contributed by atoms with Gasteiger partial charge in [-0.3, -0.25) is 0 Å². The molecular formula is C24H23N7O7. The molecule has 1 saturated heterocycles. The highest BCUT2D eigenvalue weighted by atomic mass is 16.8. The molecule has 1 aliphatic rings. The predicted molar refractivity (Wildman–Crippen MR) is 128 cm³/mol. The van der Waals surface area contributed by atoms with Gasteiger partial charge in [0.05, 0.1) is 42.2 Å². The molecule has 0 aliphatic carbocycles. The first-order valence-electron chi connectivity index (χ1n) is 11.5. The van der Waals surface area contributed by atoms with E-state index in [1.54, 1.807) is 53.1 Å². The number of ether oxygens (including phenoxy) is 1. The van der Waals surface area contributed by atoms with E-state index in [2.05, 4.69) is 20.5 Å². The SMILES string of the molecule is N#Cc1ccc(N=Nc2c(O)n(Cc3cn(O[C@@H]4O[C@H](CO)[C@H](O)[C@H](O)[C@H]4O)nn3)c3ccccc23)cc1. The second kappa shape index (κ2) is 10.5. The van der Waals surface area contributed by atoms with Crippen LogP contribution in [-0.4, -0.2) is 82.6 Å². The van der Waals surface area contributed by atoms with Gasteiger partial charge >= 0.3 is 0 Å².